The highest BCUT2D eigenvalue weighted by atomic mass is 16.4. The van der Waals surface area contributed by atoms with Crippen LogP contribution in [0.3, 0.4) is 0 Å². The molecule has 2 atom stereocenters. The van der Waals surface area contributed by atoms with Crippen LogP contribution in [0.15, 0.2) is 85.2 Å². The SMILES string of the molecule is Cc1ccc(-c2nc3ccc(C)cn3c2CC(=O)N(C)C)cc1.Cc1ccc(-c2nc3ccc(C)cn3c2CC(=O)N(C)C)cc1.O=C([O-])C(O)C(O)C(=O)[O-]. The summed E-state index contributed by atoms with van der Waals surface area (Å²) in [6, 6.07) is 24.6. The second-order valence-electron chi connectivity index (χ2n) is 13.9. The number of aryl methyl sites for hydroxylation is 4. The van der Waals surface area contributed by atoms with Crippen LogP contribution in [0.1, 0.15) is 33.6 Å². The van der Waals surface area contributed by atoms with E-state index in [1.54, 1.807) is 38.0 Å². The van der Waals surface area contributed by atoms with E-state index in [0.717, 1.165) is 56.3 Å². The smallest absolute Gasteiger partial charge is 0.228 e. The van der Waals surface area contributed by atoms with Crippen LogP contribution in [-0.4, -0.2) is 103 Å². The maximum Gasteiger partial charge on any atom is 0.228 e. The lowest BCUT2D eigenvalue weighted by Gasteiger charge is -2.18. The fourth-order valence-electron chi connectivity index (χ4n) is 5.48. The molecule has 0 aliphatic heterocycles. The predicted molar refractivity (Wildman–Crippen MR) is 207 cm³/mol. The van der Waals surface area contributed by atoms with Crippen LogP contribution in [0.4, 0.5) is 0 Å². The maximum atomic E-state index is 12.3. The number of aromatic nitrogens is 4. The number of carboxylic acids is 2. The molecule has 0 fully saturated rings. The molecule has 2 N–H and O–H groups in total. The van der Waals surface area contributed by atoms with Crippen LogP contribution in [0, 0.1) is 27.7 Å². The molecular weight excluding hydrogens is 716 g/mol. The molecule has 0 aliphatic carbocycles. The number of hydrogen-bond acceptors (Lipinski definition) is 10. The standard InChI is InChI=1S/2C19H21N3O.C4H6O6/c2*1-13-5-8-15(9-6-13)19-16(11-18(23)21(3)4)22-12-14(2)7-10-17(22)20-19;5-1(3(7)8)2(6)4(9)10/h2*5-10,12H,11H2,1-4H3;1-2,5-6H,(H,7,8)(H,9,10)/p-2. The van der Waals surface area contributed by atoms with E-state index in [4.69, 9.17) is 20.2 Å². The first-order valence-corrected chi connectivity index (χ1v) is 17.6. The highest BCUT2D eigenvalue weighted by Gasteiger charge is 2.20. The van der Waals surface area contributed by atoms with Gasteiger partial charge in [-0.25, -0.2) is 9.97 Å². The Kier molecular flexibility index (Phi) is 13.8. The van der Waals surface area contributed by atoms with Crippen molar-refractivity contribution in [2.24, 2.45) is 0 Å². The summed E-state index contributed by atoms with van der Waals surface area (Å²) in [5.74, 6) is -3.98. The van der Waals surface area contributed by atoms with Crippen molar-refractivity contribution in [3.63, 3.8) is 0 Å². The summed E-state index contributed by atoms with van der Waals surface area (Å²) < 4.78 is 4.07. The first-order chi connectivity index (χ1) is 26.4. The molecule has 294 valence electrons. The van der Waals surface area contributed by atoms with E-state index in [-0.39, 0.29) is 11.8 Å². The molecule has 14 nitrogen and oxygen atoms in total. The number of likely N-dealkylation sites (N-methyl/N-ethyl adjacent to an activating group) is 2. The van der Waals surface area contributed by atoms with Gasteiger partial charge in [0.2, 0.25) is 11.8 Å². The number of hydrogen-bond donors (Lipinski definition) is 2. The zero-order valence-corrected chi connectivity index (χ0v) is 32.7. The number of carbonyl (C=O) groups excluding carboxylic acids is 4. The second kappa shape index (κ2) is 18.3. The minimum absolute atomic E-state index is 0.0710. The number of aliphatic hydroxyl groups is 2. The van der Waals surface area contributed by atoms with Crippen LogP contribution < -0.4 is 10.2 Å². The van der Waals surface area contributed by atoms with Gasteiger partial charge in [0.15, 0.2) is 0 Å². The van der Waals surface area contributed by atoms with Crippen molar-refractivity contribution < 1.29 is 39.6 Å². The monoisotopic (exact) mass is 762 g/mol. The number of fused-ring (bicyclic) bond motifs is 2. The van der Waals surface area contributed by atoms with Crippen molar-refractivity contribution in [3.05, 3.63) is 119 Å². The van der Waals surface area contributed by atoms with Crippen molar-refractivity contribution in [2.45, 2.75) is 52.7 Å². The Morgan fingerprint density at radius 1 is 0.554 bits per heavy atom. The van der Waals surface area contributed by atoms with Gasteiger partial charge in [0, 0.05) is 51.7 Å². The average molecular weight is 763 g/mol. The highest BCUT2D eigenvalue weighted by molar-refractivity contribution is 5.83. The molecule has 0 spiro atoms. The normalized spacial score (nSPS) is 11.8. The molecule has 2 amide bonds. The predicted octanol–water partition coefficient (Wildman–Crippen LogP) is 1.71. The van der Waals surface area contributed by atoms with Crippen LogP contribution >= 0.6 is 0 Å². The number of benzene rings is 2. The van der Waals surface area contributed by atoms with Gasteiger partial charge in [-0.05, 0) is 51.0 Å². The van der Waals surface area contributed by atoms with E-state index in [1.165, 1.54) is 11.1 Å². The topological polar surface area (TPSA) is 196 Å². The van der Waals surface area contributed by atoms with Gasteiger partial charge in [-0.15, -0.1) is 0 Å². The molecule has 56 heavy (non-hydrogen) atoms. The summed E-state index contributed by atoms with van der Waals surface area (Å²) >= 11 is 0. The molecule has 4 heterocycles. The van der Waals surface area contributed by atoms with Gasteiger partial charge in [-0.3, -0.25) is 9.59 Å². The van der Waals surface area contributed by atoms with Crippen LogP contribution in [0.2, 0.25) is 0 Å². The van der Waals surface area contributed by atoms with Crippen molar-refractivity contribution in [1.29, 1.82) is 0 Å². The fraction of sp³-hybridized carbons (Fsp3) is 0.286. The molecule has 6 rings (SSSR count). The van der Waals surface area contributed by atoms with Gasteiger partial charge in [-0.2, -0.15) is 0 Å². The number of rotatable bonds is 9. The maximum absolute atomic E-state index is 12.3. The second-order valence-corrected chi connectivity index (χ2v) is 13.9. The Labute approximate surface area is 324 Å². The number of aliphatic hydroxyl groups excluding tert-OH is 2. The van der Waals surface area contributed by atoms with Crippen LogP contribution in [-0.2, 0) is 32.0 Å². The van der Waals surface area contributed by atoms with Crippen molar-refractivity contribution in [1.82, 2.24) is 28.6 Å². The number of carboxylic acid groups (broad SMARTS) is 2. The van der Waals surface area contributed by atoms with Gasteiger partial charge in [0.05, 0.1) is 47.6 Å². The van der Waals surface area contributed by atoms with E-state index in [2.05, 4.69) is 62.4 Å². The van der Waals surface area contributed by atoms with E-state index in [1.807, 2.05) is 59.3 Å². The molecule has 2 aromatic carbocycles. The fourth-order valence-corrected chi connectivity index (χ4v) is 5.48. The van der Waals surface area contributed by atoms with E-state index in [9.17, 15) is 29.4 Å². The third-order valence-electron chi connectivity index (χ3n) is 8.80. The van der Waals surface area contributed by atoms with Gasteiger partial charge >= 0.3 is 0 Å². The molecule has 0 bridgehead atoms. The number of aliphatic carboxylic acids is 2. The molecule has 0 saturated carbocycles. The Morgan fingerprint density at radius 2 is 0.857 bits per heavy atom. The molecule has 14 heteroatoms. The van der Waals surface area contributed by atoms with Crippen LogP contribution in [0.5, 0.6) is 0 Å². The largest absolute Gasteiger partial charge is 0.547 e. The minimum Gasteiger partial charge on any atom is -0.547 e. The zero-order chi connectivity index (χ0) is 41.4. The van der Waals surface area contributed by atoms with Gasteiger partial charge in [0.25, 0.3) is 0 Å². The lowest BCUT2D eigenvalue weighted by atomic mass is 10.1. The number of carbonyl (C=O) groups is 4. The van der Waals surface area contributed by atoms with E-state index >= 15 is 0 Å². The highest BCUT2D eigenvalue weighted by Crippen LogP contribution is 2.27. The third-order valence-corrected chi connectivity index (χ3v) is 8.80. The first kappa shape index (κ1) is 42.4. The summed E-state index contributed by atoms with van der Waals surface area (Å²) in [6.07, 6.45) is -0.131. The Morgan fingerprint density at radius 3 is 1.14 bits per heavy atom. The van der Waals surface area contributed by atoms with E-state index in [0.29, 0.717) is 12.8 Å². The Balaban J connectivity index is 0.000000202. The van der Waals surface area contributed by atoms with Crippen molar-refractivity contribution in [3.8, 4) is 22.5 Å². The molecule has 0 radical (unpaired) electrons. The minimum atomic E-state index is -2.44. The van der Waals surface area contributed by atoms with E-state index < -0.39 is 24.1 Å². The first-order valence-electron chi connectivity index (χ1n) is 17.6. The van der Waals surface area contributed by atoms with Crippen LogP contribution in [0.25, 0.3) is 33.8 Å². The Bertz CT molecular complexity index is 2180. The number of pyridine rings is 2. The molecule has 0 saturated heterocycles. The third kappa shape index (κ3) is 10.4. The van der Waals surface area contributed by atoms with Gasteiger partial charge in [0.1, 0.15) is 23.5 Å². The lowest BCUT2D eigenvalue weighted by Crippen LogP contribution is -2.51. The summed E-state index contributed by atoms with van der Waals surface area (Å²) in [5, 5.41) is 35.7. The summed E-state index contributed by atoms with van der Waals surface area (Å²) in [4.78, 5) is 56.5. The number of nitrogens with zero attached hydrogens (tertiary/aromatic N) is 6. The zero-order valence-electron chi connectivity index (χ0n) is 32.7. The molecule has 6 aromatic rings. The number of amides is 2. The average Bonchev–Trinajstić information content (AvgIpc) is 3.69. The number of imidazole rings is 2. The summed E-state index contributed by atoms with van der Waals surface area (Å²) in [5.41, 5.74) is 12.2. The lowest BCUT2D eigenvalue weighted by molar-refractivity contribution is -0.333. The van der Waals surface area contributed by atoms with Crippen molar-refractivity contribution >= 4 is 35.0 Å². The summed E-state index contributed by atoms with van der Waals surface area (Å²) in [6.45, 7) is 8.21. The van der Waals surface area contributed by atoms with Crippen molar-refractivity contribution in [2.75, 3.05) is 28.2 Å². The van der Waals surface area contributed by atoms with Gasteiger partial charge < -0.3 is 48.6 Å². The van der Waals surface area contributed by atoms with Gasteiger partial charge in [-0.1, -0.05) is 71.8 Å². The quantitative estimate of drug-likeness (QED) is 0.219. The Hall–Kier alpha value is -6.38. The molecular formula is C42H46N6O8-2. The summed E-state index contributed by atoms with van der Waals surface area (Å²) in [7, 11) is 7.12. The molecule has 2 unspecified atom stereocenters. The molecule has 4 aromatic heterocycles. The molecule has 0 aliphatic rings.